The third-order valence-corrected chi connectivity index (χ3v) is 1.76. The Labute approximate surface area is 61.9 Å². The second kappa shape index (κ2) is 2.84. The van der Waals surface area contributed by atoms with E-state index < -0.39 is 0 Å². The zero-order valence-corrected chi connectivity index (χ0v) is 6.09. The fraction of sp³-hybridized carbons (Fsp3) is 0.333. The van der Waals surface area contributed by atoms with Crippen LogP contribution in [0.15, 0.2) is 37.0 Å². The molecule has 1 heteroatoms. The number of allylic oxidation sites excluding steroid dienone is 3. The van der Waals surface area contributed by atoms with Crippen molar-refractivity contribution >= 4 is 0 Å². The Kier molecular flexibility index (Phi) is 2.07. The van der Waals surface area contributed by atoms with E-state index in [-0.39, 0.29) is 0 Å². The monoisotopic (exact) mass is 135 g/mol. The molecule has 0 aromatic rings. The summed E-state index contributed by atoms with van der Waals surface area (Å²) in [6, 6.07) is 0.363. The van der Waals surface area contributed by atoms with Crippen molar-refractivity contribution in [2.24, 2.45) is 11.7 Å². The Morgan fingerprint density at radius 2 is 2.20 bits per heavy atom. The van der Waals surface area contributed by atoms with Gasteiger partial charge in [0, 0.05) is 6.04 Å². The molecular formula is C9H13N. The molecule has 2 atom stereocenters. The van der Waals surface area contributed by atoms with Crippen LogP contribution in [0.25, 0.3) is 0 Å². The summed E-state index contributed by atoms with van der Waals surface area (Å²) >= 11 is 0. The zero-order chi connectivity index (χ0) is 7.56. The Morgan fingerprint density at radius 1 is 1.60 bits per heavy atom. The second-order valence-corrected chi connectivity index (χ2v) is 2.68. The fourth-order valence-electron chi connectivity index (χ4n) is 0.956. The quantitative estimate of drug-likeness (QED) is 0.585. The summed E-state index contributed by atoms with van der Waals surface area (Å²) in [5.74, 6) is 0.538. The number of hydrogen-bond donors (Lipinski definition) is 1. The minimum Gasteiger partial charge on any atom is -0.327 e. The van der Waals surface area contributed by atoms with E-state index in [2.05, 4.69) is 13.2 Å². The van der Waals surface area contributed by atoms with Crippen LogP contribution in [0, 0.1) is 5.92 Å². The van der Waals surface area contributed by atoms with Crippen molar-refractivity contribution in [3.8, 4) is 0 Å². The second-order valence-electron chi connectivity index (χ2n) is 2.68. The van der Waals surface area contributed by atoms with Gasteiger partial charge in [0.25, 0.3) is 0 Å². The van der Waals surface area contributed by atoms with Crippen molar-refractivity contribution in [2.45, 2.75) is 12.5 Å². The predicted octanol–water partition coefficient (Wildman–Crippen LogP) is 1.63. The molecule has 0 aromatic carbocycles. The van der Waals surface area contributed by atoms with Crippen LogP contribution in [0.3, 0.4) is 0 Å². The van der Waals surface area contributed by atoms with Gasteiger partial charge in [0.2, 0.25) is 0 Å². The maximum absolute atomic E-state index is 5.62. The first-order valence-corrected chi connectivity index (χ1v) is 3.49. The summed E-state index contributed by atoms with van der Waals surface area (Å²) in [5.41, 5.74) is 6.75. The smallest absolute Gasteiger partial charge is 0.0115 e. The third kappa shape index (κ3) is 1.58. The third-order valence-electron chi connectivity index (χ3n) is 1.76. The van der Waals surface area contributed by atoms with E-state index in [0.717, 1.165) is 12.0 Å². The SMILES string of the molecule is C=C/C=C\C(=C)C1CC1N. The molecule has 2 N–H and O–H groups in total. The van der Waals surface area contributed by atoms with E-state index in [0.29, 0.717) is 12.0 Å². The lowest BCUT2D eigenvalue weighted by molar-refractivity contribution is 0.945. The molecule has 0 amide bonds. The normalized spacial score (nSPS) is 30.5. The molecule has 1 fully saturated rings. The molecule has 0 aromatic heterocycles. The average molecular weight is 135 g/mol. The highest BCUT2D eigenvalue weighted by atomic mass is 14.7. The minimum absolute atomic E-state index is 0.363. The van der Waals surface area contributed by atoms with Gasteiger partial charge in [-0.2, -0.15) is 0 Å². The van der Waals surface area contributed by atoms with E-state index in [9.17, 15) is 0 Å². The largest absolute Gasteiger partial charge is 0.327 e. The Bertz CT molecular complexity index is 179. The van der Waals surface area contributed by atoms with Crippen molar-refractivity contribution in [1.29, 1.82) is 0 Å². The van der Waals surface area contributed by atoms with Crippen molar-refractivity contribution in [1.82, 2.24) is 0 Å². The Hall–Kier alpha value is -0.820. The maximum Gasteiger partial charge on any atom is 0.0115 e. The number of rotatable bonds is 3. The van der Waals surface area contributed by atoms with Gasteiger partial charge < -0.3 is 5.73 Å². The molecule has 1 saturated carbocycles. The minimum atomic E-state index is 0.363. The van der Waals surface area contributed by atoms with E-state index >= 15 is 0 Å². The van der Waals surface area contributed by atoms with E-state index in [1.54, 1.807) is 6.08 Å². The molecule has 0 radical (unpaired) electrons. The van der Waals surface area contributed by atoms with Crippen LogP contribution in [-0.4, -0.2) is 6.04 Å². The van der Waals surface area contributed by atoms with Gasteiger partial charge in [0.15, 0.2) is 0 Å². The molecule has 1 rings (SSSR count). The summed E-state index contributed by atoms with van der Waals surface area (Å²) in [5, 5.41) is 0. The molecule has 1 nitrogen and oxygen atoms in total. The molecular weight excluding hydrogens is 122 g/mol. The maximum atomic E-state index is 5.62. The molecule has 1 aliphatic carbocycles. The average Bonchev–Trinajstić information content (AvgIpc) is 2.62. The topological polar surface area (TPSA) is 26.0 Å². The molecule has 0 spiro atoms. The van der Waals surface area contributed by atoms with E-state index in [1.165, 1.54) is 0 Å². The van der Waals surface area contributed by atoms with Gasteiger partial charge in [-0.15, -0.1) is 0 Å². The van der Waals surface area contributed by atoms with Crippen molar-refractivity contribution < 1.29 is 0 Å². The van der Waals surface area contributed by atoms with Crippen molar-refractivity contribution in [2.75, 3.05) is 0 Å². The molecule has 1 aliphatic rings. The van der Waals surface area contributed by atoms with E-state index in [4.69, 9.17) is 5.73 Å². The molecule has 54 valence electrons. The fourth-order valence-corrected chi connectivity index (χ4v) is 0.956. The summed E-state index contributed by atoms with van der Waals surface area (Å²) in [6.07, 6.45) is 6.72. The zero-order valence-electron chi connectivity index (χ0n) is 6.09. The molecule has 2 unspecified atom stereocenters. The van der Waals surface area contributed by atoms with Gasteiger partial charge in [0.05, 0.1) is 0 Å². The molecule has 0 saturated heterocycles. The highest BCUT2D eigenvalue weighted by Crippen LogP contribution is 2.34. The lowest BCUT2D eigenvalue weighted by Crippen LogP contribution is -2.01. The molecule has 0 heterocycles. The summed E-state index contributed by atoms with van der Waals surface area (Å²) < 4.78 is 0. The van der Waals surface area contributed by atoms with Crippen LogP contribution in [0.1, 0.15) is 6.42 Å². The summed E-state index contributed by atoms with van der Waals surface area (Å²) in [4.78, 5) is 0. The first-order valence-electron chi connectivity index (χ1n) is 3.49. The van der Waals surface area contributed by atoms with Crippen LogP contribution in [0.5, 0.6) is 0 Å². The van der Waals surface area contributed by atoms with Gasteiger partial charge in [-0.05, 0) is 12.3 Å². The lowest BCUT2D eigenvalue weighted by Gasteiger charge is -1.92. The standard InChI is InChI=1S/C9H13N/c1-3-4-5-7(2)8-6-9(8)10/h3-5,8-9H,1-2,6,10H2/b5-4-. The van der Waals surface area contributed by atoms with Gasteiger partial charge in [-0.25, -0.2) is 0 Å². The van der Waals surface area contributed by atoms with Gasteiger partial charge in [-0.1, -0.05) is 37.0 Å². The number of nitrogens with two attached hydrogens (primary N) is 1. The Balaban J connectivity index is 2.36. The lowest BCUT2D eigenvalue weighted by atomic mass is 10.2. The Morgan fingerprint density at radius 3 is 2.60 bits per heavy atom. The van der Waals surface area contributed by atoms with Crippen molar-refractivity contribution in [3.05, 3.63) is 37.0 Å². The van der Waals surface area contributed by atoms with Crippen LogP contribution in [0.2, 0.25) is 0 Å². The van der Waals surface area contributed by atoms with Gasteiger partial charge in [-0.3, -0.25) is 0 Å². The van der Waals surface area contributed by atoms with Crippen LogP contribution in [-0.2, 0) is 0 Å². The molecule has 0 aliphatic heterocycles. The number of hydrogen-bond acceptors (Lipinski definition) is 1. The predicted molar refractivity (Wildman–Crippen MR) is 44.6 cm³/mol. The van der Waals surface area contributed by atoms with Gasteiger partial charge >= 0.3 is 0 Å². The van der Waals surface area contributed by atoms with Crippen molar-refractivity contribution in [3.63, 3.8) is 0 Å². The van der Waals surface area contributed by atoms with Crippen LogP contribution in [0.4, 0.5) is 0 Å². The first kappa shape index (κ1) is 7.29. The van der Waals surface area contributed by atoms with Gasteiger partial charge in [0.1, 0.15) is 0 Å². The van der Waals surface area contributed by atoms with Crippen LogP contribution >= 0.6 is 0 Å². The highest BCUT2D eigenvalue weighted by molar-refractivity contribution is 5.27. The molecule has 10 heavy (non-hydrogen) atoms. The van der Waals surface area contributed by atoms with Crippen LogP contribution < -0.4 is 5.73 Å². The molecule has 0 bridgehead atoms. The summed E-state index contributed by atoms with van der Waals surface area (Å²) in [6.45, 7) is 7.46. The highest BCUT2D eigenvalue weighted by Gasteiger charge is 2.34. The van der Waals surface area contributed by atoms with E-state index in [1.807, 2.05) is 12.2 Å². The first-order chi connectivity index (χ1) is 4.75. The summed E-state index contributed by atoms with van der Waals surface area (Å²) in [7, 11) is 0.